The first-order chi connectivity index (χ1) is 6.27. The number of aromatic hydroxyl groups is 1. The Morgan fingerprint density at radius 3 is 2.54 bits per heavy atom. The van der Waals surface area contributed by atoms with Crippen molar-refractivity contribution in [1.82, 2.24) is 4.57 Å². The van der Waals surface area contributed by atoms with Crippen molar-refractivity contribution in [3.8, 4) is 11.4 Å². The fourth-order valence-electron chi connectivity index (χ4n) is 1.20. The lowest BCUT2D eigenvalue weighted by atomic mass is 10.3. The summed E-state index contributed by atoms with van der Waals surface area (Å²) in [5.41, 5.74) is 0.449. The Hall–Kier alpha value is -1.77. The van der Waals surface area contributed by atoms with Gasteiger partial charge in [-0.1, -0.05) is 0 Å². The highest BCUT2D eigenvalue weighted by Gasteiger charge is 2.02. The van der Waals surface area contributed by atoms with Gasteiger partial charge in [0.15, 0.2) is 0 Å². The molecule has 0 amide bonds. The van der Waals surface area contributed by atoms with Crippen LogP contribution in [0.3, 0.4) is 0 Å². The normalized spacial score (nSPS) is 10.2. The van der Waals surface area contributed by atoms with Crippen molar-refractivity contribution < 1.29 is 9.50 Å². The van der Waals surface area contributed by atoms with Crippen LogP contribution in [-0.4, -0.2) is 9.67 Å². The number of nitrogens with zero attached hydrogens (tertiary/aromatic N) is 1. The number of aromatic nitrogens is 1. The van der Waals surface area contributed by atoms with Crippen molar-refractivity contribution in [1.29, 1.82) is 0 Å². The number of rotatable bonds is 1. The molecule has 66 valence electrons. The van der Waals surface area contributed by atoms with Gasteiger partial charge in [-0.25, -0.2) is 4.39 Å². The lowest BCUT2D eigenvalue weighted by molar-refractivity contribution is 0.470. The van der Waals surface area contributed by atoms with Gasteiger partial charge in [0.1, 0.15) is 11.6 Å². The molecule has 1 aromatic heterocycles. The second-order valence-electron chi connectivity index (χ2n) is 2.72. The Morgan fingerprint density at radius 2 is 1.85 bits per heavy atom. The van der Waals surface area contributed by atoms with Crippen LogP contribution in [0, 0.1) is 5.82 Å². The monoisotopic (exact) mass is 177 g/mol. The molecule has 1 aromatic carbocycles. The average Bonchev–Trinajstić information content (AvgIpc) is 2.61. The summed E-state index contributed by atoms with van der Waals surface area (Å²) in [5, 5.41) is 9.42. The fraction of sp³-hybridized carbons (Fsp3) is 0. The third kappa shape index (κ3) is 1.40. The quantitative estimate of drug-likeness (QED) is 0.710. The summed E-state index contributed by atoms with van der Waals surface area (Å²) in [4.78, 5) is 0. The van der Waals surface area contributed by atoms with Gasteiger partial charge in [-0.05, 0) is 24.3 Å². The summed E-state index contributed by atoms with van der Waals surface area (Å²) in [6.45, 7) is 0. The molecule has 0 spiro atoms. The van der Waals surface area contributed by atoms with Gasteiger partial charge in [0.05, 0.1) is 5.69 Å². The SMILES string of the molecule is Oc1ccc(F)cc1-n1cccc1. The van der Waals surface area contributed by atoms with Crippen LogP contribution in [-0.2, 0) is 0 Å². The molecule has 2 aromatic rings. The largest absolute Gasteiger partial charge is 0.506 e. The Kier molecular flexibility index (Phi) is 1.77. The van der Waals surface area contributed by atoms with Gasteiger partial charge < -0.3 is 9.67 Å². The van der Waals surface area contributed by atoms with Gasteiger partial charge in [-0.2, -0.15) is 0 Å². The van der Waals surface area contributed by atoms with Crippen LogP contribution < -0.4 is 0 Å². The molecule has 0 saturated heterocycles. The Morgan fingerprint density at radius 1 is 1.15 bits per heavy atom. The molecule has 0 fully saturated rings. The summed E-state index contributed by atoms with van der Waals surface area (Å²) in [7, 11) is 0. The molecule has 0 saturated carbocycles. The molecular formula is C10H8FNO. The van der Waals surface area contributed by atoms with Crippen LogP contribution in [0.2, 0.25) is 0 Å². The minimum absolute atomic E-state index is 0.0672. The highest BCUT2D eigenvalue weighted by Crippen LogP contribution is 2.21. The predicted octanol–water partition coefficient (Wildman–Crippen LogP) is 2.32. The van der Waals surface area contributed by atoms with Crippen molar-refractivity contribution >= 4 is 0 Å². The number of benzene rings is 1. The van der Waals surface area contributed by atoms with E-state index in [1.54, 1.807) is 17.0 Å². The van der Waals surface area contributed by atoms with Crippen molar-refractivity contribution in [2.24, 2.45) is 0 Å². The third-order valence-electron chi connectivity index (χ3n) is 1.82. The summed E-state index contributed by atoms with van der Waals surface area (Å²) in [5.74, 6) is -0.292. The van der Waals surface area contributed by atoms with E-state index in [9.17, 15) is 9.50 Å². The summed E-state index contributed by atoms with van der Waals surface area (Å²) in [6.07, 6.45) is 3.49. The first-order valence-corrected chi connectivity index (χ1v) is 3.89. The van der Waals surface area contributed by atoms with Gasteiger partial charge in [0.25, 0.3) is 0 Å². The minimum atomic E-state index is -0.360. The lowest BCUT2D eigenvalue weighted by Crippen LogP contribution is -1.90. The third-order valence-corrected chi connectivity index (χ3v) is 1.82. The number of phenols is 1. The lowest BCUT2D eigenvalue weighted by Gasteiger charge is -2.04. The Labute approximate surface area is 74.9 Å². The maximum atomic E-state index is 12.8. The molecule has 0 atom stereocenters. The van der Waals surface area contributed by atoms with E-state index in [0.717, 1.165) is 0 Å². The van der Waals surface area contributed by atoms with Gasteiger partial charge in [-0.15, -0.1) is 0 Å². The van der Waals surface area contributed by atoms with E-state index in [1.807, 2.05) is 12.1 Å². The van der Waals surface area contributed by atoms with E-state index < -0.39 is 0 Å². The first-order valence-electron chi connectivity index (χ1n) is 3.89. The maximum Gasteiger partial charge on any atom is 0.139 e. The Balaban J connectivity index is 2.57. The van der Waals surface area contributed by atoms with E-state index in [1.165, 1.54) is 18.2 Å². The number of hydrogen-bond acceptors (Lipinski definition) is 1. The standard InChI is InChI=1S/C10H8FNO/c11-8-3-4-10(13)9(7-8)12-5-1-2-6-12/h1-7,13H. The van der Waals surface area contributed by atoms with Crippen LogP contribution >= 0.6 is 0 Å². The van der Waals surface area contributed by atoms with Crippen molar-refractivity contribution in [2.75, 3.05) is 0 Å². The summed E-state index contributed by atoms with van der Waals surface area (Å²) < 4.78 is 14.5. The molecule has 13 heavy (non-hydrogen) atoms. The second-order valence-corrected chi connectivity index (χ2v) is 2.72. The molecule has 0 aliphatic rings. The molecule has 3 heteroatoms. The van der Waals surface area contributed by atoms with Crippen molar-refractivity contribution in [2.45, 2.75) is 0 Å². The zero-order valence-electron chi connectivity index (χ0n) is 6.81. The van der Waals surface area contributed by atoms with Crippen molar-refractivity contribution in [3.05, 3.63) is 48.5 Å². The average molecular weight is 177 g/mol. The molecule has 0 unspecified atom stereocenters. The smallest absolute Gasteiger partial charge is 0.139 e. The second kappa shape index (κ2) is 2.94. The Bertz CT molecular complexity index is 409. The molecular weight excluding hydrogens is 169 g/mol. The zero-order valence-corrected chi connectivity index (χ0v) is 6.81. The van der Waals surface area contributed by atoms with Crippen LogP contribution in [0.25, 0.3) is 5.69 Å². The molecule has 0 radical (unpaired) electrons. The fourth-order valence-corrected chi connectivity index (χ4v) is 1.20. The van der Waals surface area contributed by atoms with Crippen LogP contribution in [0.1, 0.15) is 0 Å². The van der Waals surface area contributed by atoms with Gasteiger partial charge in [0, 0.05) is 18.5 Å². The van der Waals surface area contributed by atoms with Crippen LogP contribution in [0.15, 0.2) is 42.7 Å². The van der Waals surface area contributed by atoms with Gasteiger partial charge in [0.2, 0.25) is 0 Å². The number of halogens is 1. The van der Waals surface area contributed by atoms with Crippen LogP contribution in [0.4, 0.5) is 4.39 Å². The number of phenolic OH excluding ortho intramolecular Hbond substituents is 1. The highest BCUT2D eigenvalue weighted by molar-refractivity contribution is 5.46. The molecule has 1 N–H and O–H groups in total. The highest BCUT2D eigenvalue weighted by atomic mass is 19.1. The molecule has 2 nitrogen and oxygen atoms in total. The maximum absolute atomic E-state index is 12.8. The zero-order chi connectivity index (χ0) is 9.26. The summed E-state index contributed by atoms with van der Waals surface area (Å²) in [6, 6.07) is 7.47. The van der Waals surface area contributed by atoms with E-state index >= 15 is 0 Å². The van der Waals surface area contributed by atoms with E-state index in [0.29, 0.717) is 5.69 Å². The molecule has 0 aliphatic carbocycles. The van der Waals surface area contributed by atoms with E-state index in [2.05, 4.69) is 0 Å². The van der Waals surface area contributed by atoms with Crippen LogP contribution in [0.5, 0.6) is 5.75 Å². The van der Waals surface area contributed by atoms with Gasteiger partial charge >= 0.3 is 0 Å². The number of hydrogen-bond donors (Lipinski definition) is 1. The van der Waals surface area contributed by atoms with E-state index in [4.69, 9.17) is 0 Å². The van der Waals surface area contributed by atoms with Crippen molar-refractivity contribution in [3.63, 3.8) is 0 Å². The molecule has 1 heterocycles. The van der Waals surface area contributed by atoms with E-state index in [-0.39, 0.29) is 11.6 Å². The van der Waals surface area contributed by atoms with Gasteiger partial charge in [-0.3, -0.25) is 0 Å². The molecule has 2 rings (SSSR count). The molecule has 0 bridgehead atoms. The topological polar surface area (TPSA) is 25.2 Å². The predicted molar refractivity (Wildman–Crippen MR) is 47.4 cm³/mol. The first kappa shape index (κ1) is 7.86. The molecule has 0 aliphatic heterocycles. The summed E-state index contributed by atoms with van der Waals surface area (Å²) >= 11 is 0. The minimum Gasteiger partial charge on any atom is -0.506 e.